The van der Waals surface area contributed by atoms with Crippen LogP contribution < -0.4 is 9.55 Å². The van der Waals surface area contributed by atoms with Gasteiger partial charge in [0, 0.05) is 31.9 Å². The number of hydrogen-bond donors (Lipinski definition) is 4. The summed E-state index contributed by atoms with van der Waals surface area (Å²) in [4.78, 5) is 15.9. The molecule has 0 atom stereocenters. The van der Waals surface area contributed by atoms with Crippen LogP contribution in [0, 0.1) is 0 Å². The van der Waals surface area contributed by atoms with Crippen molar-refractivity contribution < 1.29 is 34.4 Å². The lowest BCUT2D eigenvalue weighted by atomic mass is 9.90. The molecule has 0 radical (unpaired) electrons. The lowest BCUT2D eigenvalue weighted by Crippen LogP contribution is -2.50. The van der Waals surface area contributed by atoms with Crippen molar-refractivity contribution in [3.63, 3.8) is 0 Å². The molecule has 1 aromatic rings. The average molecular weight is 440 g/mol. The van der Waals surface area contributed by atoms with Gasteiger partial charge < -0.3 is 39.5 Å². The Hall–Kier alpha value is -2.01. The number of benzene rings is 1. The maximum Gasteiger partial charge on any atom is 0.707 e. The van der Waals surface area contributed by atoms with Crippen LogP contribution in [0.3, 0.4) is 0 Å². The molecule has 31 heavy (non-hydrogen) atoms. The SMILES string of the molecule is CC(C)(C)OC(=O)N1CCN(c2ccc(OB(O)O)cc2)CC1.CC(C)(O)C(C)(C)O. The fraction of sp³-hybridized carbons (Fsp3) is 0.667. The molecule has 1 fully saturated rings. The van der Waals surface area contributed by atoms with Crippen molar-refractivity contribution in [1.82, 2.24) is 4.90 Å². The van der Waals surface area contributed by atoms with E-state index in [-0.39, 0.29) is 6.09 Å². The van der Waals surface area contributed by atoms with E-state index in [1.54, 1.807) is 44.7 Å². The maximum atomic E-state index is 12.0. The molecule has 0 saturated carbocycles. The first-order valence-corrected chi connectivity index (χ1v) is 10.3. The third-order valence-electron chi connectivity index (χ3n) is 4.87. The molecular weight excluding hydrogens is 403 g/mol. The van der Waals surface area contributed by atoms with Gasteiger partial charge in [0.1, 0.15) is 11.4 Å². The Kier molecular flexibility index (Phi) is 9.19. The number of carbonyl (C=O) groups is 1. The number of amides is 1. The maximum absolute atomic E-state index is 12.0. The predicted octanol–water partition coefficient (Wildman–Crippen LogP) is 1.62. The molecule has 1 aliphatic rings. The molecule has 0 aliphatic carbocycles. The topological polar surface area (TPSA) is 123 Å². The smallest absolute Gasteiger partial charge is 0.512 e. The second-order valence-electron chi connectivity index (χ2n) is 9.51. The lowest BCUT2D eigenvalue weighted by molar-refractivity contribution is -0.107. The number of anilines is 1. The molecule has 0 aromatic heterocycles. The Morgan fingerprint density at radius 3 is 1.68 bits per heavy atom. The van der Waals surface area contributed by atoms with Crippen LogP contribution in [0.15, 0.2) is 24.3 Å². The van der Waals surface area contributed by atoms with E-state index in [4.69, 9.17) is 29.7 Å². The van der Waals surface area contributed by atoms with Gasteiger partial charge in [0.25, 0.3) is 0 Å². The second kappa shape index (κ2) is 10.5. The fourth-order valence-electron chi connectivity index (χ4n) is 2.33. The zero-order valence-corrected chi connectivity index (χ0v) is 19.6. The van der Waals surface area contributed by atoms with E-state index >= 15 is 0 Å². The van der Waals surface area contributed by atoms with Crippen LogP contribution in [-0.4, -0.2) is 81.6 Å². The first-order valence-electron chi connectivity index (χ1n) is 10.3. The molecule has 4 N–H and O–H groups in total. The number of nitrogens with zero attached hydrogens (tertiary/aromatic N) is 2. The van der Waals surface area contributed by atoms with E-state index in [2.05, 4.69) is 4.90 Å². The molecule has 10 heteroatoms. The summed E-state index contributed by atoms with van der Waals surface area (Å²) in [6.45, 7) is 14.5. The highest BCUT2D eigenvalue weighted by atomic mass is 16.6. The number of rotatable bonds is 4. The van der Waals surface area contributed by atoms with Crippen molar-refractivity contribution in [3.8, 4) is 5.75 Å². The minimum Gasteiger partial charge on any atom is -0.512 e. The van der Waals surface area contributed by atoms with Crippen molar-refractivity contribution in [2.24, 2.45) is 0 Å². The van der Waals surface area contributed by atoms with E-state index in [1.165, 1.54) is 0 Å². The molecule has 1 amide bonds. The van der Waals surface area contributed by atoms with Gasteiger partial charge in [-0.1, -0.05) is 0 Å². The number of hydrogen-bond acceptors (Lipinski definition) is 8. The van der Waals surface area contributed by atoms with Crippen molar-refractivity contribution >= 4 is 19.1 Å². The van der Waals surface area contributed by atoms with E-state index in [0.717, 1.165) is 5.69 Å². The third-order valence-corrected chi connectivity index (χ3v) is 4.87. The summed E-state index contributed by atoms with van der Waals surface area (Å²) >= 11 is 0. The zero-order chi connectivity index (χ0) is 24.0. The first kappa shape index (κ1) is 27.0. The summed E-state index contributed by atoms with van der Waals surface area (Å²) in [5, 5.41) is 35.7. The van der Waals surface area contributed by atoms with Gasteiger partial charge in [-0.05, 0) is 72.7 Å². The van der Waals surface area contributed by atoms with Crippen LogP contribution in [0.5, 0.6) is 5.75 Å². The molecule has 9 nitrogen and oxygen atoms in total. The van der Waals surface area contributed by atoms with Gasteiger partial charge in [-0.25, -0.2) is 4.79 Å². The molecule has 1 heterocycles. The van der Waals surface area contributed by atoms with Crippen LogP contribution in [0.25, 0.3) is 0 Å². The molecule has 0 unspecified atom stereocenters. The Bertz CT molecular complexity index is 672. The Labute approximate surface area is 185 Å². The van der Waals surface area contributed by atoms with Crippen LogP contribution in [-0.2, 0) is 4.74 Å². The molecule has 0 spiro atoms. The van der Waals surface area contributed by atoms with Gasteiger partial charge in [0.2, 0.25) is 0 Å². The number of carbonyl (C=O) groups excluding carboxylic acids is 1. The summed E-state index contributed by atoms with van der Waals surface area (Å²) in [6, 6.07) is 7.05. The fourth-order valence-corrected chi connectivity index (χ4v) is 2.33. The quantitative estimate of drug-likeness (QED) is 0.521. The van der Waals surface area contributed by atoms with Gasteiger partial charge >= 0.3 is 13.4 Å². The number of ether oxygens (including phenoxy) is 1. The molecule has 176 valence electrons. The van der Waals surface area contributed by atoms with E-state index in [0.29, 0.717) is 31.9 Å². The first-order chi connectivity index (χ1) is 14.0. The van der Waals surface area contributed by atoms with Crippen molar-refractivity contribution in [2.75, 3.05) is 31.1 Å². The van der Waals surface area contributed by atoms with Crippen LogP contribution in [0.2, 0.25) is 0 Å². The van der Waals surface area contributed by atoms with Gasteiger partial charge in [-0.2, -0.15) is 0 Å². The van der Waals surface area contributed by atoms with Crippen LogP contribution in [0.4, 0.5) is 10.5 Å². The third kappa shape index (κ3) is 9.77. The molecule has 1 aromatic carbocycles. The zero-order valence-electron chi connectivity index (χ0n) is 19.6. The molecule has 0 bridgehead atoms. The highest BCUT2D eigenvalue weighted by Crippen LogP contribution is 2.22. The van der Waals surface area contributed by atoms with Crippen molar-refractivity contribution in [3.05, 3.63) is 24.3 Å². The normalized spacial score (nSPS) is 15.1. The highest BCUT2D eigenvalue weighted by molar-refractivity contribution is 6.33. The minimum absolute atomic E-state index is 0.280. The van der Waals surface area contributed by atoms with Gasteiger partial charge in [-0.15, -0.1) is 0 Å². The molecule has 1 aliphatic heterocycles. The summed E-state index contributed by atoms with van der Waals surface area (Å²) in [6.07, 6.45) is -0.280. The second-order valence-corrected chi connectivity index (χ2v) is 9.51. The Balaban J connectivity index is 0.000000512. The van der Waals surface area contributed by atoms with Gasteiger partial charge in [0.05, 0.1) is 11.2 Å². The molecule has 2 rings (SSSR count). The van der Waals surface area contributed by atoms with E-state index in [9.17, 15) is 4.79 Å². The summed E-state index contributed by atoms with van der Waals surface area (Å²) in [5.74, 6) is 0.385. The summed E-state index contributed by atoms with van der Waals surface area (Å²) < 4.78 is 10.1. The summed E-state index contributed by atoms with van der Waals surface area (Å²) in [5.41, 5.74) is -1.50. The van der Waals surface area contributed by atoms with Gasteiger partial charge in [0.15, 0.2) is 0 Å². The number of piperazine rings is 1. The lowest BCUT2D eigenvalue weighted by Gasteiger charge is -2.36. The Morgan fingerprint density at radius 1 is 0.871 bits per heavy atom. The van der Waals surface area contributed by atoms with E-state index in [1.807, 2.05) is 32.9 Å². The largest absolute Gasteiger partial charge is 0.707 e. The predicted molar refractivity (Wildman–Crippen MR) is 120 cm³/mol. The van der Waals surface area contributed by atoms with E-state index < -0.39 is 24.1 Å². The molecular formula is C21H37BN2O7. The average Bonchev–Trinajstić information content (AvgIpc) is 2.59. The van der Waals surface area contributed by atoms with Gasteiger partial charge in [-0.3, -0.25) is 0 Å². The van der Waals surface area contributed by atoms with Crippen LogP contribution >= 0.6 is 0 Å². The monoisotopic (exact) mass is 440 g/mol. The van der Waals surface area contributed by atoms with Crippen molar-refractivity contribution in [1.29, 1.82) is 0 Å². The highest BCUT2D eigenvalue weighted by Gasteiger charge is 2.32. The van der Waals surface area contributed by atoms with Crippen LogP contribution in [0.1, 0.15) is 48.5 Å². The Morgan fingerprint density at radius 2 is 1.32 bits per heavy atom. The molecule has 1 saturated heterocycles. The number of aliphatic hydroxyl groups is 2. The standard InChI is InChI=1S/C15H23BN2O5.C6H14O2/c1-15(2,3)22-14(19)18-10-8-17(9-11-18)12-4-6-13(7-5-12)23-16(20)21;1-5(2,7)6(3,4)8/h4-7,20-21H,8-11H2,1-3H3;7-8H,1-4H3. The van der Waals surface area contributed by atoms with Crippen molar-refractivity contribution in [2.45, 2.75) is 65.3 Å². The minimum atomic E-state index is -1.82. The summed E-state index contributed by atoms with van der Waals surface area (Å²) in [7, 11) is -1.82.